The van der Waals surface area contributed by atoms with Gasteiger partial charge in [-0.05, 0) is 48.0 Å². The first-order valence-corrected chi connectivity index (χ1v) is 10.3. The molecular weight excluding hydrogens is 455 g/mol. The second kappa shape index (κ2) is 10.3. The summed E-state index contributed by atoms with van der Waals surface area (Å²) in [6, 6.07) is 15.6. The second-order valence-electron chi connectivity index (χ2n) is 6.87. The number of Topliss-reactive ketones (excluding diaryl/α,β-unsaturated/α-hetero) is 1. The van der Waals surface area contributed by atoms with Gasteiger partial charge in [-0.15, -0.1) is 0 Å². The van der Waals surface area contributed by atoms with Gasteiger partial charge in [-0.25, -0.2) is 0 Å². The van der Waals surface area contributed by atoms with Crippen LogP contribution in [0.4, 0.5) is 11.4 Å². The van der Waals surface area contributed by atoms with Crippen molar-refractivity contribution in [2.24, 2.45) is 0 Å². The molecule has 1 N–H and O–H groups in total. The van der Waals surface area contributed by atoms with E-state index >= 15 is 0 Å². The normalized spacial score (nSPS) is 11.5. The predicted octanol–water partition coefficient (Wildman–Crippen LogP) is 6.35. The number of nitrogens with zero attached hydrogens (tertiary/aromatic N) is 1. The summed E-state index contributed by atoms with van der Waals surface area (Å²) in [4.78, 5) is 23.5. The molecule has 0 amide bonds. The van der Waals surface area contributed by atoms with Crippen LogP contribution < -0.4 is 14.8 Å². The number of carbonyl (C=O) groups is 1. The number of rotatable bonds is 9. The lowest BCUT2D eigenvalue weighted by Gasteiger charge is -2.21. The van der Waals surface area contributed by atoms with Gasteiger partial charge in [0.1, 0.15) is 0 Å². The zero-order valence-corrected chi connectivity index (χ0v) is 18.8. The number of nitro benzene ring substituents is 1. The van der Waals surface area contributed by atoms with Crippen LogP contribution in [0.15, 0.2) is 60.7 Å². The molecule has 32 heavy (non-hydrogen) atoms. The van der Waals surface area contributed by atoms with E-state index in [9.17, 15) is 14.9 Å². The van der Waals surface area contributed by atoms with Crippen molar-refractivity contribution in [3.63, 3.8) is 0 Å². The molecule has 0 saturated carbocycles. The van der Waals surface area contributed by atoms with Crippen molar-refractivity contribution < 1.29 is 19.2 Å². The summed E-state index contributed by atoms with van der Waals surface area (Å²) in [5, 5.41) is 14.9. The zero-order chi connectivity index (χ0) is 23.3. The molecule has 0 aliphatic rings. The molecule has 1 atom stereocenters. The van der Waals surface area contributed by atoms with Gasteiger partial charge in [-0.1, -0.05) is 29.3 Å². The number of ether oxygens (including phenoxy) is 2. The number of nitrogens with one attached hydrogen (secondary N) is 1. The van der Waals surface area contributed by atoms with Gasteiger partial charge < -0.3 is 14.8 Å². The zero-order valence-electron chi connectivity index (χ0n) is 17.3. The molecule has 3 aromatic rings. The Labute approximate surface area is 195 Å². The molecule has 0 saturated heterocycles. The van der Waals surface area contributed by atoms with E-state index in [1.165, 1.54) is 26.4 Å². The monoisotopic (exact) mass is 474 g/mol. The third kappa shape index (κ3) is 5.49. The van der Waals surface area contributed by atoms with Crippen LogP contribution in [-0.4, -0.2) is 24.9 Å². The Balaban J connectivity index is 1.90. The summed E-state index contributed by atoms with van der Waals surface area (Å²) >= 11 is 12.2. The van der Waals surface area contributed by atoms with Gasteiger partial charge in [0.05, 0.1) is 35.2 Å². The average molecular weight is 475 g/mol. The van der Waals surface area contributed by atoms with E-state index in [2.05, 4.69) is 5.32 Å². The summed E-state index contributed by atoms with van der Waals surface area (Å²) in [6.45, 7) is 0. The molecule has 0 aliphatic carbocycles. The number of nitro groups is 1. The highest BCUT2D eigenvalue weighted by molar-refractivity contribution is 6.42. The SMILES string of the molecule is COc1ccc(C(=O)CC(Nc2ccc([N+](=O)[O-])cc2)c2ccc(Cl)c(Cl)c2)cc1OC. The molecule has 9 heteroatoms. The van der Waals surface area contributed by atoms with Gasteiger partial charge in [0.25, 0.3) is 5.69 Å². The Bertz CT molecular complexity index is 1140. The third-order valence-electron chi connectivity index (χ3n) is 4.86. The van der Waals surface area contributed by atoms with Crippen molar-refractivity contribution >= 4 is 40.4 Å². The average Bonchev–Trinajstić information content (AvgIpc) is 2.80. The fourth-order valence-electron chi connectivity index (χ4n) is 3.17. The summed E-state index contributed by atoms with van der Waals surface area (Å²) < 4.78 is 10.5. The number of methoxy groups -OCH3 is 2. The van der Waals surface area contributed by atoms with Crippen molar-refractivity contribution in [1.29, 1.82) is 0 Å². The lowest BCUT2D eigenvalue weighted by Crippen LogP contribution is -2.16. The van der Waals surface area contributed by atoms with E-state index < -0.39 is 11.0 Å². The number of ketones is 1. The molecule has 7 nitrogen and oxygen atoms in total. The van der Waals surface area contributed by atoms with Crippen LogP contribution in [0.5, 0.6) is 11.5 Å². The first-order chi connectivity index (χ1) is 15.3. The number of anilines is 1. The van der Waals surface area contributed by atoms with Crippen LogP contribution in [0.25, 0.3) is 0 Å². The topological polar surface area (TPSA) is 90.7 Å². The van der Waals surface area contributed by atoms with E-state index in [4.69, 9.17) is 32.7 Å². The smallest absolute Gasteiger partial charge is 0.269 e. The van der Waals surface area contributed by atoms with E-state index in [0.29, 0.717) is 32.8 Å². The third-order valence-corrected chi connectivity index (χ3v) is 5.60. The number of hydrogen-bond acceptors (Lipinski definition) is 6. The Kier molecular flexibility index (Phi) is 7.56. The van der Waals surface area contributed by atoms with Crippen LogP contribution in [0, 0.1) is 10.1 Å². The number of non-ortho nitro benzene ring substituents is 1. The van der Waals surface area contributed by atoms with E-state index in [1.807, 2.05) is 0 Å². The number of carbonyl (C=O) groups excluding carboxylic acids is 1. The Morgan fingerprint density at radius 1 is 0.969 bits per heavy atom. The van der Waals surface area contributed by atoms with Crippen LogP contribution in [-0.2, 0) is 0 Å². The molecule has 0 bridgehead atoms. The van der Waals surface area contributed by atoms with Gasteiger partial charge in [-0.3, -0.25) is 14.9 Å². The summed E-state index contributed by atoms with van der Waals surface area (Å²) in [5.74, 6) is 0.832. The van der Waals surface area contributed by atoms with Crippen LogP contribution >= 0.6 is 23.2 Å². The lowest BCUT2D eigenvalue weighted by molar-refractivity contribution is -0.384. The van der Waals surface area contributed by atoms with Crippen molar-refractivity contribution in [2.75, 3.05) is 19.5 Å². The molecule has 1 unspecified atom stereocenters. The maximum atomic E-state index is 13.1. The quantitative estimate of drug-likeness (QED) is 0.221. The lowest BCUT2D eigenvalue weighted by atomic mass is 9.97. The maximum absolute atomic E-state index is 13.1. The number of halogens is 2. The van der Waals surface area contributed by atoms with Crippen molar-refractivity contribution in [3.05, 3.63) is 92.0 Å². The van der Waals surface area contributed by atoms with Gasteiger partial charge >= 0.3 is 0 Å². The first-order valence-electron chi connectivity index (χ1n) is 9.53. The Morgan fingerprint density at radius 3 is 2.25 bits per heavy atom. The van der Waals surface area contributed by atoms with E-state index in [0.717, 1.165) is 5.56 Å². The van der Waals surface area contributed by atoms with Gasteiger partial charge in [-0.2, -0.15) is 0 Å². The molecule has 0 heterocycles. The van der Waals surface area contributed by atoms with Crippen molar-refractivity contribution in [1.82, 2.24) is 0 Å². The molecule has 0 aliphatic heterocycles. The minimum atomic E-state index is -0.471. The largest absolute Gasteiger partial charge is 0.493 e. The minimum Gasteiger partial charge on any atom is -0.493 e. The highest BCUT2D eigenvalue weighted by Crippen LogP contribution is 2.32. The van der Waals surface area contributed by atoms with E-state index in [1.54, 1.807) is 48.5 Å². The van der Waals surface area contributed by atoms with Crippen molar-refractivity contribution in [2.45, 2.75) is 12.5 Å². The standard InChI is InChI=1S/C23H20Cl2N2O5/c1-31-22-10-4-15(12-23(22)32-2)21(28)13-20(14-3-9-18(24)19(25)11-14)26-16-5-7-17(8-6-16)27(29)30/h3-12,20,26H,13H2,1-2H3. The highest BCUT2D eigenvalue weighted by Gasteiger charge is 2.20. The van der Waals surface area contributed by atoms with Crippen molar-refractivity contribution in [3.8, 4) is 11.5 Å². The fraction of sp³-hybridized carbons (Fsp3) is 0.174. The summed E-state index contributed by atoms with van der Waals surface area (Å²) in [6.07, 6.45) is 0.0877. The first kappa shape index (κ1) is 23.4. The van der Waals surface area contributed by atoms with Crippen LogP contribution in [0.3, 0.4) is 0 Å². The molecule has 0 radical (unpaired) electrons. The van der Waals surface area contributed by atoms with Gasteiger partial charge in [0, 0.05) is 29.8 Å². The summed E-state index contributed by atoms with van der Waals surface area (Å²) in [5.41, 5.74) is 1.79. The van der Waals surface area contributed by atoms with E-state index in [-0.39, 0.29) is 17.9 Å². The minimum absolute atomic E-state index is 0.0250. The number of hydrogen-bond donors (Lipinski definition) is 1. The summed E-state index contributed by atoms with van der Waals surface area (Å²) in [7, 11) is 3.02. The Morgan fingerprint density at radius 2 is 1.66 bits per heavy atom. The highest BCUT2D eigenvalue weighted by atomic mass is 35.5. The molecule has 3 aromatic carbocycles. The molecular formula is C23H20Cl2N2O5. The predicted molar refractivity (Wildman–Crippen MR) is 124 cm³/mol. The molecule has 166 valence electrons. The van der Waals surface area contributed by atoms with Crippen LogP contribution in [0.1, 0.15) is 28.4 Å². The second-order valence-corrected chi connectivity index (χ2v) is 7.69. The van der Waals surface area contributed by atoms with Gasteiger partial charge in [0.2, 0.25) is 0 Å². The Hall–Kier alpha value is -3.29. The molecule has 0 spiro atoms. The van der Waals surface area contributed by atoms with Crippen LogP contribution in [0.2, 0.25) is 10.0 Å². The number of benzene rings is 3. The molecule has 0 aromatic heterocycles. The molecule has 0 fully saturated rings. The van der Waals surface area contributed by atoms with Gasteiger partial charge in [0.15, 0.2) is 17.3 Å². The molecule has 3 rings (SSSR count). The fourth-order valence-corrected chi connectivity index (χ4v) is 3.48. The maximum Gasteiger partial charge on any atom is 0.269 e.